The average molecular weight is 265 g/mol. The third kappa shape index (κ3) is 2.50. The molecule has 0 aliphatic heterocycles. The molecule has 0 bridgehead atoms. The lowest BCUT2D eigenvalue weighted by Crippen LogP contribution is -2.44. The van der Waals surface area contributed by atoms with E-state index < -0.39 is 11.7 Å². The van der Waals surface area contributed by atoms with Crippen LogP contribution in [-0.4, -0.2) is 11.7 Å². The van der Waals surface area contributed by atoms with Crippen LogP contribution in [0.5, 0.6) is 0 Å². The van der Waals surface area contributed by atoms with Gasteiger partial charge in [0.15, 0.2) is 0 Å². The number of nitrogens with two attached hydrogens (primary N) is 1. The van der Waals surface area contributed by atoms with E-state index in [0.29, 0.717) is 16.3 Å². The van der Waals surface area contributed by atoms with Gasteiger partial charge in [-0.1, -0.05) is 17.7 Å². The molecule has 0 radical (unpaired) electrons. The summed E-state index contributed by atoms with van der Waals surface area (Å²) in [7, 11) is 0. The van der Waals surface area contributed by atoms with Crippen molar-refractivity contribution in [2.45, 2.75) is 31.1 Å². The van der Waals surface area contributed by atoms with Gasteiger partial charge in [-0.05, 0) is 30.5 Å². The summed E-state index contributed by atoms with van der Waals surface area (Å²) < 4.78 is 37.9. The number of nitrogens with one attached hydrogen (secondary N) is 1. The minimum Gasteiger partial charge on any atom is -0.398 e. The van der Waals surface area contributed by atoms with Gasteiger partial charge in [0.05, 0.1) is 10.7 Å². The molecule has 0 atom stereocenters. The van der Waals surface area contributed by atoms with Crippen LogP contribution in [0.25, 0.3) is 0 Å². The Morgan fingerprint density at radius 3 is 2.47 bits per heavy atom. The van der Waals surface area contributed by atoms with E-state index in [1.54, 1.807) is 18.2 Å². The number of nitrogen functional groups attached to an aromatic ring is 1. The van der Waals surface area contributed by atoms with Crippen molar-refractivity contribution in [3.63, 3.8) is 0 Å². The van der Waals surface area contributed by atoms with Crippen LogP contribution in [0.2, 0.25) is 5.02 Å². The van der Waals surface area contributed by atoms with Gasteiger partial charge < -0.3 is 5.73 Å². The fraction of sp³-hybridized carbons (Fsp3) is 0.455. The maximum atomic E-state index is 12.6. The van der Waals surface area contributed by atoms with Crippen molar-refractivity contribution in [1.82, 2.24) is 5.32 Å². The van der Waals surface area contributed by atoms with Gasteiger partial charge >= 0.3 is 6.18 Å². The topological polar surface area (TPSA) is 38.0 Å². The largest absolute Gasteiger partial charge is 0.406 e. The highest BCUT2D eigenvalue weighted by molar-refractivity contribution is 6.33. The summed E-state index contributed by atoms with van der Waals surface area (Å²) in [6.45, 7) is 0.138. The number of anilines is 1. The van der Waals surface area contributed by atoms with Crippen LogP contribution >= 0.6 is 11.6 Å². The molecule has 94 valence electrons. The summed E-state index contributed by atoms with van der Waals surface area (Å²) in [5.74, 6) is 0. The second-order valence-corrected chi connectivity index (χ2v) is 4.70. The minimum atomic E-state index is -4.19. The number of halogens is 4. The molecule has 0 heterocycles. The van der Waals surface area contributed by atoms with Gasteiger partial charge in [0.1, 0.15) is 5.54 Å². The van der Waals surface area contributed by atoms with Crippen LogP contribution in [0.15, 0.2) is 18.2 Å². The number of benzene rings is 1. The van der Waals surface area contributed by atoms with Crippen molar-refractivity contribution in [2.24, 2.45) is 0 Å². The molecule has 0 saturated heterocycles. The van der Waals surface area contributed by atoms with Gasteiger partial charge in [-0.2, -0.15) is 13.2 Å². The number of hydrogen-bond acceptors (Lipinski definition) is 2. The predicted molar refractivity (Wildman–Crippen MR) is 60.7 cm³/mol. The third-order valence-electron chi connectivity index (χ3n) is 2.99. The number of hydrogen-bond donors (Lipinski definition) is 2. The molecule has 2 rings (SSSR count). The smallest absolute Gasteiger partial charge is 0.398 e. The first-order valence-electron chi connectivity index (χ1n) is 5.20. The van der Waals surface area contributed by atoms with Gasteiger partial charge in [0.25, 0.3) is 0 Å². The molecule has 2 nitrogen and oxygen atoms in total. The molecule has 0 spiro atoms. The summed E-state index contributed by atoms with van der Waals surface area (Å²) in [6, 6.07) is 4.84. The number of rotatable bonds is 3. The highest BCUT2D eigenvalue weighted by Gasteiger charge is 2.62. The summed E-state index contributed by atoms with van der Waals surface area (Å²) in [6.07, 6.45) is -3.91. The molecule has 0 unspecified atom stereocenters. The maximum Gasteiger partial charge on any atom is 0.406 e. The lowest BCUT2D eigenvalue weighted by Gasteiger charge is -2.20. The molecular formula is C11H12ClF3N2. The van der Waals surface area contributed by atoms with E-state index >= 15 is 0 Å². The summed E-state index contributed by atoms with van der Waals surface area (Å²) in [5.41, 5.74) is 4.94. The Hall–Kier alpha value is -0.940. The molecule has 1 fully saturated rings. The summed E-state index contributed by atoms with van der Waals surface area (Å²) in [4.78, 5) is 0. The number of alkyl halides is 3. The Balaban J connectivity index is 2.01. The SMILES string of the molecule is Nc1ccc(CNC2(C(F)(F)F)CC2)cc1Cl. The van der Waals surface area contributed by atoms with E-state index in [9.17, 15) is 13.2 Å². The molecule has 17 heavy (non-hydrogen) atoms. The summed E-state index contributed by atoms with van der Waals surface area (Å²) in [5, 5.41) is 2.91. The van der Waals surface area contributed by atoms with E-state index in [4.69, 9.17) is 17.3 Å². The van der Waals surface area contributed by atoms with Gasteiger partial charge in [-0.3, -0.25) is 5.32 Å². The zero-order valence-electron chi connectivity index (χ0n) is 8.94. The van der Waals surface area contributed by atoms with Crippen LogP contribution in [0.1, 0.15) is 18.4 Å². The first-order valence-corrected chi connectivity index (χ1v) is 5.57. The van der Waals surface area contributed by atoms with Crippen LogP contribution in [0, 0.1) is 0 Å². The standard InChI is InChI=1S/C11H12ClF3N2/c12-8-5-7(1-2-9(8)16)6-17-10(3-4-10)11(13,14)15/h1-2,5,17H,3-4,6,16H2. The van der Waals surface area contributed by atoms with E-state index in [0.717, 1.165) is 0 Å². The fourth-order valence-electron chi connectivity index (χ4n) is 1.64. The van der Waals surface area contributed by atoms with Gasteiger partial charge in [-0.25, -0.2) is 0 Å². The third-order valence-corrected chi connectivity index (χ3v) is 3.32. The van der Waals surface area contributed by atoms with Gasteiger partial charge in [0, 0.05) is 6.54 Å². The lowest BCUT2D eigenvalue weighted by molar-refractivity contribution is -0.166. The zero-order valence-corrected chi connectivity index (χ0v) is 9.70. The summed E-state index contributed by atoms with van der Waals surface area (Å²) >= 11 is 5.79. The minimum absolute atomic E-state index is 0.138. The van der Waals surface area contributed by atoms with Gasteiger partial charge in [-0.15, -0.1) is 0 Å². The van der Waals surface area contributed by atoms with Crippen LogP contribution < -0.4 is 11.1 Å². The first-order chi connectivity index (χ1) is 7.84. The molecule has 6 heteroatoms. The van der Waals surface area contributed by atoms with Crippen molar-refractivity contribution in [2.75, 3.05) is 5.73 Å². The Bertz CT molecular complexity index is 427. The fourth-order valence-corrected chi connectivity index (χ4v) is 1.84. The van der Waals surface area contributed by atoms with Crippen molar-refractivity contribution in [3.8, 4) is 0 Å². The van der Waals surface area contributed by atoms with Crippen LogP contribution in [0.4, 0.5) is 18.9 Å². The van der Waals surface area contributed by atoms with Crippen LogP contribution in [-0.2, 0) is 6.54 Å². The van der Waals surface area contributed by atoms with Crippen molar-refractivity contribution >= 4 is 17.3 Å². The van der Waals surface area contributed by atoms with E-state index in [1.165, 1.54) is 0 Å². The predicted octanol–water partition coefficient (Wildman–Crippen LogP) is 3.11. The molecule has 0 amide bonds. The van der Waals surface area contributed by atoms with Gasteiger partial charge in [0.2, 0.25) is 0 Å². The molecule has 1 aliphatic carbocycles. The van der Waals surface area contributed by atoms with Crippen molar-refractivity contribution in [3.05, 3.63) is 28.8 Å². The molecule has 1 aliphatic rings. The molecule has 1 saturated carbocycles. The van der Waals surface area contributed by atoms with E-state index in [2.05, 4.69) is 5.32 Å². The zero-order chi connectivity index (χ0) is 12.7. The first kappa shape index (κ1) is 12.5. The Kier molecular flexibility index (Phi) is 2.99. The Morgan fingerprint density at radius 1 is 1.35 bits per heavy atom. The second-order valence-electron chi connectivity index (χ2n) is 4.29. The molecule has 1 aromatic rings. The Morgan fingerprint density at radius 2 is 2.00 bits per heavy atom. The van der Waals surface area contributed by atoms with Crippen molar-refractivity contribution < 1.29 is 13.2 Å². The second kappa shape index (κ2) is 4.07. The van der Waals surface area contributed by atoms with Crippen molar-refractivity contribution in [1.29, 1.82) is 0 Å². The van der Waals surface area contributed by atoms with E-state index in [-0.39, 0.29) is 19.4 Å². The normalized spacial score (nSPS) is 18.1. The van der Waals surface area contributed by atoms with Crippen LogP contribution in [0.3, 0.4) is 0 Å². The maximum absolute atomic E-state index is 12.6. The quantitative estimate of drug-likeness (QED) is 0.824. The van der Waals surface area contributed by atoms with E-state index in [1.807, 2.05) is 0 Å². The molecule has 3 N–H and O–H groups in total. The molecule has 0 aromatic heterocycles. The Labute approximate surface area is 102 Å². The highest BCUT2D eigenvalue weighted by Crippen LogP contribution is 2.49. The molecular weight excluding hydrogens is 253 g/mol. The average Bonchev–Trinajstić information content (AvgIpc) is 3.00. The lowest BCUT2D eigenvalue weighted by atomic mass is 10.2. The highest BCUT2D eigenvalue weighted by atomic mass is 35.5. The molecule has 1 aromatic carbocycles. The monoisotopic (exact) mass is 264 g/mol.